The average molecular weight is 235 g/mol. The Bertz CT molecular complexity index is 485. The van der Waals surface area contributed by atoms with Crippen molar-refractivity contribution in [2.45, 2.75) is 5.31 Å². The van der Waals surface area contributed by atoms with Crippen molar-refractivity contribution in [1.29, 1.82) is 0 Å². The SMILES string of the molecule is [B]C(C(=O)NC)(c1ccccc1)c1ccccc1. The molecule has 0 saturated carbocycles. The summed E-state index contributed by atoms with van der Waals surface area (Å²) in [6, 6.07) is 18.8. The summed E-state index contributed by atoms with van der Waals surface area (Å²) in [4.78, 5) is 12.2. The first-order chi connectivity index (χ1) is 8.69. The highest BCUT2D eigenvalue weighted by molar-refractivity contribution is 6.31. The quantitative estimate of drug-likeness (QED) is 0.808. The van der Waals surface area contributed by atoms with Gasteiger partial charge in [0.25, 0.3) is 0 Å². The molecule has 0 aliphatic carbocycles. The zero-order valence-corrected chi connectivity index (χ0v) is 10.3. The smallest absolute Gasteiger partial charge is 0.225 e. The van der Waals surface area contributed by atoms with Crippen LogP contribution in [0.5, 0.6) is 0 Å². The van der Waals surface area contributed by atoms with Crippen molar-refractivity contribution in [2.24, 2.45) is 0 Å². The number of benzene rings is 2. The predicted molar refractivity (Wildman–Crippen MR) is 73.5 cm³/mol. The molecule has 0 unspecified atom stereocenters. The molecule has 2 radical (unpaired) electrons. The fraction of sp³-hybridized carbons (Fsp3) is 0.133. The summed E-state index contributed by atoms with van der Waals surface area (Å²) in [6.07, 6.45) is 0. The second-order valence-corrected chi connectivity index (χ2v) is 4.12. The van der Waals surface area contributed by atoms with Crippen LogP contribution >= 0.6 is 0 Å². The van der Waals surface area contributed by atoms with Gasteiger partial charge in [-0.25, -0.2) is 0 Å². The van der Waals surface area contributed by atoms with Gasteiger partial charge in [0.2, 0.25) is 5.91 Å². The molecule has 3 heteroatoms. The van der Waals surface area contributed by atoms with Crippen molar-refractivity contribution >= 4 is 13.8 Å². The van der Waals surface area contributed by atoms with Crippen molar-refractivity contribution < 1.29 is 4.79 Å². The number of rotatable bonds is 3. The average Bonchev–Trinajstić information content (AvgIpc) is 2.47. The van der Waals surface area contributed by atoms with E-state index in [1.807, 2.05) is 60.7 Å². The normalized spacial score (nSPS) is 10.9. The maximum Gasteiger partial charge on any atom is 0.225 e. The fourth-order valence-electron chi connectivity index (χ4n) is 2.03. The molecule has 0 bridgehead atoms. The fourth-order valence-corrected chi connectivity index (χ4v) is 2.03. The van der Waals surface area contributed by atoms with E-state index in [1.54, 1.807) is 7.05 Å². The van der Waals surface area contributed by atoms with E-state index in [9.17, 15) is 4.79 Å². The van der Waals surface area contributed by atoms with Crippen LogP contribution in [0.3, 0.4) is 0 Å². The number of carbonyl (C=O) groups is 1. The van der Waals surface area contributed by atoms with E-state index in [-0.39, 0.29) is 5.91 Å². The highest BCUT2D eigenvalue weighted by Crippen LogP contribution is 2.29. The summed E-state index contributed by atoms with van der Waals surface area (Å²) in [7, 11) is 7.98. The predicted octanol–water partition coefficient (Wildman–Crippen LogP) is 1.84. The number of carbonyl (C=O) groups excluding carboxylic acids is 1. The number of likely N-dealkylation sites (N-methyl/N-ethyl adjacent to an activating group) is 1. The van der Waals surface area contributed by atoms with Crippen LogP contribution in [0.2, 0.25) is 0 Å². The molecular formula is C15H14BNO. The summed E-state index contributed by atoms with van der Waals surface area (Å²) in [6.45, 7) is 0. The highest BCUT2D eigenvalue weighted by Gasteiger charge is 2.35. The Morgan fingerprint density at radius 2 is 1.33 bits per heavy atom. The number of amides is 1. The molecule has 18 heavy (non-hydrogen) atoms. The van der Waals surface area contributed by atoms with Gasteiger partial charge < -0.3 is 5.32 Å². The van der Waals surface area contributed by atoms with Crippen LogP contribution in [0.1, 0.15) is 11.1 Å². The zero-order valence-electron chi connectivity index (χ0n) is 10.3. The van der Waals surface area contributed by atoms with Gasteiger partial charge in [-0.15, -0.1) is 0 Å². The largest absolute Gasteiger partial charge is 0.359 e. The molecule has 1 amide bonds. The third-order valence-electron chi connectivity index (χ3n) is 3.04. The summed E-state index contributed by atoms with van der Waals surface area (Å²) in [5.74, 6) is -0.222. The Morgan fingerprint density at radius 3 is 1.67 bits per heavy atom. The molecule has 2 aromatic carbocycles. The van der Waals surface area contributed by atoms with Gasteiger partial charge >= 0.3 is 0 Å². The molecule has 1 N–H and O–H groups in total. The molecule has 0 saturated heterocycles. The first kappa shape index (κ1) is 12.4. The van der Waals surface area contributed by atoms with E-state index in [0.29, 0.717) is 0 Å². The second kappa shape index (κ2) is 5.09. The molecule has 88 valence electrons. The molecule has 0 atom stereocenters. The zero-order chi connectivity index (χ0) is 13.0. The van der Waals surface area contributed by atoms with Gasteiger partial charge in [-0.1, -0.05) is 60.7 Å². The lowest BCUT2D eigenvalue weighted by atomic mass is 9.59. The lowest BCUT2D eigenvalue weighted by Gasteiger charge is -2.29. The maximum atomic E-state index is 12.2. The maximum absolute atomic E-state index is 12.2. The van der Waals surface area contributed by atoms with Crippen molar-refractivity contribution in [3.8, 4) is 0 Å². The monoisotopic (exact) mass is 235 g/mol. The Kier molecular flexibility index (Phi) is 3.51. The third-order valence-corrected chi connectivity index (χ3v) is 3.04. The summed E-state index contributed by atoms with van der Waals surface area (Å²) < 4.78 is 0. The van der Waals surface area contributed by atoms with Gasteiger partial charge in [0.15, 0.2) is 0 Å². The molecule has 2 aromatic rings. The van der Waals surface area contributed by atoms with Crippen molar-refractivity contribution in [1.82, 2.24) is 5.32 Å². The molecule has 2 rings (SSSR count). The van der Waals surface area contributed by atoms with E-state index in [1.165, 1.54) is 0 Å². The third kappa shape index (κ3) is 2.04. The minimum absolute atomic E-state index is 0.222. The molecule has 0 aliphatic rings. The van der Waals surface area contributed by atoms with E-state index >= 15 is 0 Å². The Morgan fingerprint density at radius 1 is 0.944 bits per heavy atom. The molecule has 0 spiro atoms. The van der Waals surface area contributed by atoms with Crippen LogP contribution in [0.4, 0.5) is 0 Å². The van der Waals surface area contributed by atoms with Gasteiger partial charge in [0, 0.05) is 7.05 Å². The van der Waals surface area contributed by atoms with Crippen LogP contribution in [-0.2, 0) is 10.1 Å². The Balaban J connectivity index is 2.59. The molecule has 2 nitrogen and oxygen atoms in total. The first-order valence-electron chi connectivity index (χ1n) is 5.81. The molecule has 0 aromatic heterocycles. The van der Waals surface area contributed by atoms with E-state index in [0.717, 1.165) is 11.1 Å². The van der Waals surface area contributed by atoms with Crippen LogP contribution < -0.4 is 5.32 Å². The summed E-state index contributed by atoms with van der Waals surface area (Å²) >= 11 is 0. The van der Waals surface area contributed by atoms with E-state index < -0.39 is 5.31 Å². The topological polar surface area (TPSA) is 29.1 Å². The van der Waals surface area contributed by atoms with Crippen LogP contribution in [0.15, 0.2) is 60.7 Å². The van der Waals surface area contributed by atoms with Gasteiger partial charge in [-0.3, -0.25) is 4.79 Å². The van der Waals surface area contributed by atoms with E-state index in [2.05, 4.69) is 5.32 Å². The lowest BCUT2D eigenvalue weighted by molar-refractivity contribution is -0.122. The highest BCUT2D eigenvalue weighted by atomic mass is 16.2. The van der Waals surface area contributed by atoms with Crippen LogP contribution in [0.25, 0.3) is 0 Å². The van der Waals surface area contributed by atoms with Crippen LogP contribution in [-0.4, -0.2) is 20.8 Å². The minimum atomic E-state index is -1.16. The standard InChI is InChI=1S/C15H14BNO/c1-17-14(18)15(16,12-8-4-2-5-9-12)13-10-6-3-7-11-13/h2-11H,1H3,(H,17,18). The lowest BCUT2D eigenvalue weighted by Crippen LogP contribution is -2.44. The minimum Gasteiger partial charge on any atom is -0.359 e. The first-order valence-corrected chi connectivity index (χ1v) is 5.81. The molecule has 0 fully saturated rings. The van der Waals surface area contributed by atoms with Crippen LogP contribution in [0, 0.1) is 0 Å². The molecule has 0 aliphatic heterocycles. The van der Waals surface area contributed by atoms with Gasteiger partial charge in [0.05, 0.1) is 5.31 Å². The van der Waals surface area contributed by atoms with E-state index in [4.69, 9.17) is 7.85 Å². The molecular weight excluding hydrogens is 221 g/mol. The summed E-state index contributed by atoms with van der Waals surface area (Å²) in [5, 5.41) is 1.48. The van der Waals surface area contributed by atoms with Crippen molar-refractivity contribution in [3.05, 3.63) is 71.8 Å². The Labute approximate surface area is 108 Å². The second-order valence-electron chi connectivity index (χ2n) is 4.12. The molecule has 0 heterocycles. The number of hydrogen-bond donors (Lipinski definition) is 1. The Hall–Kier alpha value is -2.03. The number of hydrogen-bond acceptors (Lipinski definition) is 1. The van der Waals surface area contributed by atoms with Gasteiger partial charge in [-0.2, -0.15) is 0 Å². The van der Waals surface area contributed by atoms with Gasteiger partial charge in [-0.05, 0) is 11.1 Å². The number of nitrogens with one attached hydrogen (secondary N) is 1. The summed E-state index contributed by atoms with van der Waals surface area (Å²) in [5.41, 5.74) is 1.55. The van der Waals surface area contributed by atoms with Gasteiger partial charge in [0.1, 0.15) is 7.85 Å². The van der Waals surface area contributed by atoms with Crippen molar-refractivity contribution in [3.63, 3.8) is 0 Å². The van der Waals surface area contributed by atoms with Crippen molar-refractivity contribution in [2.75, 3.05) is 7.05 Å².